The molecule has 1 N–H and O–H groups in total. The molecule has 5 heteroatoms. The lowest BCUT2D eigenvalue weighted by molar-refractivity contribution is -0.122. The number of aryl methyl sites for hydroxylation is 1. The molecule has 1 amide bonds. The van der Waals surface area contributed by atoms with Crippen molar-refractivity contribution in [3.63, 3.8) is 0 Å². The number of hydrogen-bond donors (Lipinski definition) is 1. The van der Waals surface area contributed by atoms with Gasteiger partial charge in [0.1, 0.15) is 0 Å². The molecule has 0 aliphatic heterocycles. The first-order valence-electron chi connectivity index (χ1n) is 6.40. The SMILES string of the molecule is Cc1cccc(-c2noc(CNC(=O)C3CC3)n2)c1. The summed E-state index contributed by atoms with van der Waals surface area (Å²) in [6.45, 7) is 2.31. The lowest BCUT2D eigenvalue weighted by atomic mass is 10.1. The molecule has 19 heavy (non-hydrogen) atoms. The van der Waals surface area contributed by atoms with Crippen molar-refractivity contribution in [3.8, 4) is 11.4 Å². The van der Waals surface area contributed by atoms with Crippen molar-refractivity contribution in [2.24, 2.45) is 5.92 Å². The molecule has 98 valence electrons. The summed E-state index contributed by atoms with van der Waals surface area (Å²) in [5.74, 6) is 1.26. The molecule has 1 heterocycles. The molecular formula is C14H15N3O2. The van der Waals surface area contributed by atoms with Crippen LogP contribution in [0.25, 0.3) is 11.4 Å². The Balaban J connectivity index is 1.67. The van der Waals surface area contributed by atoms with Crippen LogP contribution in [0.5, 0.6) is 0 Å². The molecule has 1 aromatic heterocycles. The van der Waals surface area contributed by atoms with Gasteiger partial charge in [-0.25, -0.2) is 0 Å². The second kappa shape index (κ2) is 4.84. The van der Waals surface area contributed by atoms with Crippen molar-refractivity contribution in [3.05, 3.63) is 35.7 Å². The number of benzene rings is 1. The first kappa shape index (κ1) is 11.9. The second-order valence-corrected chi connectivity index (χ2v) is 4.87. The largest absolute Gasteiger partial charge is 0.347 e. The predicted molar refractivity (Wildman–Crippen MR) is 69.0 cm³/mol. The van der Waals surface area contributed by atoms with Gasteiger partial charge in [0, 0.05) is 11.5 Å². The topological polar surface area (TPSA) is 68.0 Å². The van der Waals surface area contributed by atoms with Gasteiger partial charge in [0.25, 0.3) is 0 Å². The van der Waals surface area contributed by atoms with Crippen LogP contribution in [0.2, 0.25) is 0 Å². The number of rotatable bonds is 4. The third-order valence-corrected chi connectivity index (χ3v) is 3.11. The van der Waals surface area contributed by atoms with Gasteiger partial charge in [0.05, 0.1) is 6.54 Å². The summed E-state index contributed by atoms with van der Waals surface area (Å²) in [5.41, 5.74) is 2.06. The summed E-state index contributed by atoms with van der Waals surface area (Å²) in [7, 11) is 0. The highest BCUT2D eigenvalue weighted by Gasteiger charge is 2.29. The fourth-order valence-electron chi connectivity index (χ4n) is 1.88. The van der Waals surface area contributed by atoms with Gasteiger partial charge in [0.2, 0.25) is 17.6 Å². The Morgan fingerprint density at radius 1 is 1.47 bits per heavy atom. The molecule has 1 saturated carbocycles. The zero-order valence-corrected chi connectivity index (χ0v) is 10.7. The number of amides is 1. The van der Waals surface area contributed by atoms with E-state index < -0.39 is 0 Å². The number of nitrogens with zero attached hydrogens (tertiary/aromatic N) is 2. The lowest BCUT2D eigenvalue weighted by Gasteiger charge is -1.98. The smallest absolute Gasteiger partial charge is 0.246 e. The molecule has 0 atom stereocenters. The van der Waals surface area contributed by atoms with Gasteiger partial charge >= 0.3 is 0 Å². The fourth-order valence-corrected chi connectivity index (χ4v) is 1.88. The molecule has 3 rings (SSSR count). The fraction of sp³-hybridized carbons (Fsp3) is 0.357. The highest BCUT2D eigenvalue weighted by Crippen LogP contribution is 2.28. The summed E-state index contributed by atoms with van der Waals surface area (Å²) in [4.78, 5) is 15.8. The predicted octanol–water partition coefficient (Wildman–Crippen LogP) is 2.07. The minimum atomic E-state index is 0.0790. The van der Waals surface area contributed by atoms with E-state index in [-0.39, 0.29) is 11.8 Å². The Morgan fingerprint density at radius 2 is 2.32 bits per heavy atom. The van der Waals surface area contributed by atoms with Gasteiger partial charge in [-0.3, -0.25) is 4.79 Å². The molecule has 1 aliphatic rings. The number of hydrogen-bond acceptors (Lipinski definition) is 4. The molecule has 2 aromatic rings. The van der Waals surface area contributed by atoms with Crippen LogP contribution in [0.1, 0.15) is 24.3 Å². The van der Waals surface area contributed by atoms with Crippen molar-refractivity contribution in [1.82, 2.24) is 15.5 Å². The molecule has 0 radical (unpaired) electrons. The van der Waals surface area contributed by atoms with Gasteiger partial charge in [0.15, 0.2) is 0 Å². The van der Waals surface area contributed by atoms with Crippen molar-refractivity contribution in [2.45, 2.75) is 26.3 Å². The molecule has 1 fully saturated rings. The molecule has 0 bridgehead atoms. The van der Waals surface area contributed by atoms with Crippen LogP contribution in [0.3, 0.4) is 0 Å². The average molecular weight is 257 g/mol. The Hall–Kier alpha value is -2.17. The van der Waals surface area contributed by atoms with Crippen molar-refractivity contribution in [1.29, 1.82) is 0 Å². The van der Waals surface area contributed by atoms with Crippen molar-refractivity contribution < 1.29 is 9.32 Å². The molecule has 1 aliphatic carbocycles. The number of nitrogens with one attached hydrogen (secondary N) is 1. The van der Waals surface area contributed by atoms with E-state index in [0.717, 1.165) is 24.0 Å². The molecule has 0 saturated heterocycles. The summed E-state index contributed by atoms with van der Waals surface area (Å²) >= 11 is 0. The maximum atomic E-state index is 11.5. The van der Waals surface area contributed by atoms with E-state index in [1.807, 2.05) is 31.2 Å². The van der Waals surface area contributed by atoms with Crippen LogP contribution in [-0.4, -0.2) is 16.0 Å². The van der Waals surface area contributed by atoms with E-state index in [2.05, 4.69) is 15.5 Å². The molecule has 5 nitrogen and oxygen atoms in total. The summed E-state index contributed by atoms with van der Waals surface area (Å²) in [6, 6.07) is 7.90. The molecule has 0 unspecified atom stereocenters. The Labute approximate surface area is 111 Å². The van der Waals surface area contributed by atoms with Gasteiger partial charge in [-0.2, -0.15) is 4.98 Å². The quantitative estimate of drug-likeness (QED) is 0.910. The van der Waals surface area contributed by atoms with E-state index in [1.165, 1.54) is 0 Å². The average Bonchev–Trinajstić information content (AvgIpc) is 3.15. The first-order chi connectivity index (χ1) is 9.22. The van der Waals surface area contributed by atoms with Gasteiger partial charge in [-0.05, 0) is 25.8 Å². The normalized spacial score (nSPS) is 14.4. The number of aromatic nitrogens is 2. The van der Waals surface area contributed by atoms with Gasteiger partial charge in [-0.1, -0.05) is 28.9 Å². The number of carbonyl (C=O) groups excluding carboxylic acids is 1. The minimum Gasteiger partial charge on any atom is -0.347 e. The zero-order valence-electron chi connectivity index (χ0n) is 10.7. The van der Waals surface area contributed by atoms with Crippen molar-refractivity contribution >= 4 is 5.91 Å². The van der Waals surface area contributed by atoms with E-state index in [4.69, 9.17) is 4.52 Å². The Bertz CT molecular complexity index is 602. The molecular weight excluding hydrogens is 242 g/mol. The third-order valence-electron chi connectivity index (χ3n) is 3.11. The summed E-state index contributed by atoms with van der Waals surface area (Å²) in [5, 5.41) is 6.73. The van der Waals surface area contributed by atoms with E-state index in [1.54, 1.807) is 0 Å². The summed E-state index contributed by atoms with van der Waals surface area (Å²) < 4.78 is 5.13. The second-order valence-electron chi connectivity index (χ2n) is 4.87. The van der Waals surface area contributed by atoms with Crippen LogP contribution in [-0.2, 0) is 11.3 Å². The first-order valence-corrected chi connectivity index (χ1v) is 6.40. The van der Waals surface area contributed by atoms with Gasteiger partial charge in [-0.15, -0.1) is 0 Å². The molecule has 0 spiro atoms. The van der Waals surface area contributed by atoms with E-state index in [9.17, 15) is 4.79 Å². The van der Waals surface area contributed by atoms with Crippen LogP contribution in [0.15, 0.2) is 28.8 Å². The highest BCUT2D eigenvalue weighted by molar-refractivity contribution is 5.80. The highest BCUT2D eigenvalue weighted by atomic mass is 16.5. The van der Waals surface area contributed by atoms with Crippen LogP contribution in [0, 0.1) is 12.8 Å². The van der Waals surface area contributed by atoms with Crippen LogP contribution >= 0.6 is 0 Å². The third kappa shape index (κ3) is 2.81. The monoisotopic (exact) mass is 257 g/mol. The van der Waals surface area contributed by atoms with Crippen LogP contribution in [0.4, 0.5) is 0 Å². The lowest BCUT2D eigenvalue weighted by Crippen LogP contribution is -2.24. The maximum absolute atomic E-state index is 11.5. The minimum absolute atomic E-state index is 0.0790. The van der Waals surface area contributed by atoms with E-state index >= 15 is 0 Å². The van der Waals surface area contributed by atoms with E-state index in [0.29, 0.717) is 18.3 Å². The Kier molecular flexibility index (Phi) is 3.03. The van der Waals surface area contributed by atoms with Crippen molar-refractivity contribution in [2.75, 3.05) is 0 Å². The summed E-state index contributed by atoms with van der Waals surface area (Å²) in [6.07, 6.45) is 1.98. The molecule has 1 aromatic carbocycles. The van der Waals surface area contributed by atoms with Gasteiger partial charge < -0.3 is 9.84 Å². The maximum Gasteiger partial charge on any atom is 0.246 e. The number of carbonyl (C=O) groups is 1. The zero-order chi connectivity index (χ0) is 13.2. The standard InChI is InChI=1S/C14H15N3O2/c1-9-3-2-4-11(7-9)13-16-12(19-17-13)8-15-14(18)10-5-6-10/h2-4,7,10H,5-6,8H2,1H3,(H,15,18). The van der Waals surface area contributed by atoms with Crippen LogP contribution < -0.4 is 5.32 Å². The Morgan fingerprint density at radius 3 is 3.05 bits per heavy atom.